The Morgan fingerprint density at radius 3 is 2.83 bits per heavy atom. The van der Waals surface area contributed by atoms with Gasteiger partial charge in [0.25, 0.3) is 0 Å². The van der Waals surface area contributed by atoms with Crippen LogP contribution in [0.1, 0.15) is 35.9 Å². The number of nitrogens with zero attached hydrogens (tertiary/aromatic N) is 5. The largest absolute Gasteiger partial charge is 0.353 e. The van der Waals surface area contributed by atoms with E-state index >= 15 is 0 Å². The number of anilines is 1. The summed E-state index contributed by atoms with van der Waals surface area (Å²) < 4.78 is 0. The van der Waals surface area contributed by atoms with Gasteiger partial charge < -0.3 is 4.90 Å². The van der Waals surface area contributed by atoms with E-state index in [0.717, 1.165) is 36.5 Å². The highest BCUT2D eigenvalue weighted by Crippen LogP contribution is 2.42. The molecule has 2 aromatic rings. The van der Waals surface area contributed by atoms with Crippen LogP contribution in [0.2, 0.25) is 0 Å². The number of piperazine rings is 1. The van der Waals surface area contributed by atoms with Gasteiger partial charge in [-0.25, -0.2) is 15.0 Å². The van der Waals surface area contributed by atoms with Gasteiger partial charge in [0.15, 0.2) is 5.16 Å². The Kier molecular flexibility index (Phi) is 3.75. The zero-order valence-electron chi connectivity index (χ0n) is 13.8. The molecule has 0 N–H and O–H groups in total. The minimum absolute atomic E-state index is 0.641. The van der Waals surface area contributed by atoms with Crippen LogP contribution >= 0.6 is 23.1 Å². The Morgan fingerprint density at radius 2 is 2.08 bits per heavy atom. The van der Waals surface area contributed by atoms with Gasteiger partial charge in [-0.15, -0.1) is 11.3 Å². The van der Waals surface area contributed by atoms with Crippen LogP contribution in [-0.4, -0.2) is 51.3 Å². The molecule has 0 spiro atoms. The van der Waals surface area contributed by atoms with Gasteiger partial charge in [0.2, 0.25) is 0 Å². The van der Waals surface area contributed by atoms with Crippen LogP contribution < -0.4 is 4.90 Å². The topological polar surface area (TPSA) is 45.2 Å². The fourth-order valence-electron chi connectivity index (χ4n) is 3.84. The standard InChI is InChI=1S/C17H21N5S2/c1-23-17-18-5-4-15(20-17)21-8-13-6-14(9-21)22(13)7-12-10-24-16(19-12)11-2-3-11/h4-5,10-11,13-14H,2-3,6-9H2,1H3. The normalized spacial score (nSPS) is 26.5. The molecule has 3 aliphatic heterocycles. The number of aromatic nitrogens is 3. The second-order valence-electron chi connectivity index (χ2n) is 6.97. The first-order valence-electron chi connectivity index (χ1n) is 8.62. The third-order valence-electron chi connectivity index (χ3n) is 5.31. The van der Waals surface area contributed by atoms with E-state index in [-0.39, 0.29) is 0 Å². The lowest BCUT2D eigenvalue weighted by molar-refractivity contribution is -0.00961. The molecule has 24 heavy (non-hydrogen) atoms. The second kappa shape index (κ2) is 5.97. The maximum atomic E-state index is 4.86. The Bertz CT molecular complexity index is 732. The molecule has 0 radical (unpaired) electrons. The molecular weight excluding hydrogens is 338 g/mol. The van der Waals surface area contributed by atoms with Gasteiger partial charge in [0, 0.05) is 49.2 Å². The molecule has 3 saturated heterocycles. The summed E-state index contributed by atoms with van der Waals surface area (Å²) in [4.78, 5) is 18.9. The molecule has 5 nitrogen and oxygen atoms in total. The second-order valence-corrected chi connectivity index (χ2v) is 8.64. The molecule has 0 amide bonds. The number of thiazole rings is 1. The fourth-order valence-corrected chi connectivity index (χ4v) is 5.17. The van der Waals surface area contributed by atoms with Crippen LogP contribution in [0, 0.1) is 0 Å². The lowest BCUT2D eigenvalue weighted by Gasteiger charge is -2.56. The minimum Gasteiger partial charge on any atom is -0.353 e. The maximum absolute atomic E-state index is 4.86. The smallest absolute Gasteiger partial charge is 0.189 e. The molecule has 1 aliphatic carbocycles. The van der Waals surface area contributed by atoms with Gasteiger partial charge in [-0.1, -0.05) is 11.8 Å². The highest BCUT2D eigenvalue weighted by Gasteiger charge is 2.45. The van der Waals surface area contributed by atoms with Crippen LogP contribution in [0.5, 0.6) is 0 Å². The van der Waals surface area contributed by atoms with E-state index in [4.69, 9.17) is 4.98 Å². The van der Waals surface area contributed by atoms with Crippen molar-refractivity contribution in [2.45, 2.75) is 49.0 Å². The predicted octanol–water partition coefficient (Wildman–Crippen LogP) is 3.00. The van der Waals surface area contributed by atoms with Crippen molar-refractivity contribution >= 4 is 28.9 Å². The van der Waals surface area contributed by atoms with Crippen molar-refractivity contribution < 1.29 is 0 Å². The summed E-state index contributed by atoms with van der Waals surface area (Å²) in [6.07, 6.45) is 7.90. The molecule has 2 atom stereocenters. The van der Waals surface area contributed by atoms with Crippen molar-refractivity contribution in [2.75, 3.05) is 24.2 Å². The quantitative estimate of drug-likeness (QED) is 0.604. The van der Waals surface area contributed by atoms with Crippen LogP contribution in [0.25, 0.3) is 0 Å². The SMILES string of the molecule is CSc1nccc(N2CC3CC(C2)N3Cc2csc(C3CC3)n2)n1. The summed E-state index contributed by atoms with van der Waals surface area (Å²) in [7, 11) is 0. The van der Waals surface area contributed by atoms with Crippen LogP contribution in [-0.2, 0) is 6.54 Å². The molecule has 4 aliphatic rings. The number of hydrogen-bond acceptors (Lipinski definition) is 7. The third-order valence-corrected chi connectivity index (χ3v) is 6.93. The molecule has 4 fully saturated rings. The van der Waals surface area contributed by atoms with Gasteiger partial charge in [0.05, 0.1) is 10.7 Å². The zero-order chi connectivity index (χ0) is 16.1. The minimum atomic E-state index is 0.641. The summed E-state index contributed by atoms with van der Waals surface area (Å²) in [6, 6.07) is 3.32. The molecule has 0 aromatic carbocycles. The van der Waals surface area contributed by atoms with Crippen molar-refractivity contribution in [1.82, 2.24) is 19.9 Å². The average Bonchev–Trinajstić information content (AvgIpc) is 3.38. The van der Waals surface area contributed by atoms with E-state index in [9.17, 15) is 0 Å². The Morgan fingerprint density at radius 1 is 1.25 bits per heavy atom. The number of thioether (sulfide) groups is 1. The van der Waals surface area contributed by atoms with E-state index in [0.29, 0.717) is 12.1 Å². The Hall–Kier alpha value is -1.18. The number of fused-ring (bicyclic) bond motifs is 2. The number of hydrogen-bond donors (Lipinski definition) is 0. The van der Waals surface area contributed by atoms with Gasteiger partial charge in [-0.2, -0.15) is 0 Å². The lowest BCUT2D eigenvalue weighted by Crippen LogP contribution is -2.68. The average molecular weight is 360 g/mol. The van der Waals surface area contributed by atoms with Crippen molar-refractivity contribution in [3.8, 4) is 0 Å². The van der Waals surface area contributed by atoms with Crippen molar-refractivity contribution in [2.24, 2.45) is 0 Å². The van der Waals surface area contributed by atoms with E-state index in [1.54, 1.807) is 11.8 Å². The van der Waals surface area contributed by atoms with Crippen LogP contribution in [0.15, 0.2) is 22.8 Å². The summed E-state index contributed by atoms with van der Waals surface area (Å²) in [5.74, 6) is 1.85. The van der Waals surface area contributed by atoms with Gasteiger partial charge in [0.1, 0.15) is 5.82 Å². The van der Waals surface area contributed by atoms with Crippen molar-refractivity contribution in [3.05, 3.63) is 28.3 Å². The monoisotopic (exact) mass is 359 g/mol. The van der Waals surface area contributed by atoms with Crippen LogP contribution in [0.4, 0.5) is 5.82 Å². The molecule has 2 unspecified atom stereocenters. The van der Waals surface area contributed by atoms with E-state index < -0.39 is 0 Å². The van der Waals surface area contributed by atoms with Crippen LogP contribution in [0.3, 0.4) is 0 Å². The van der Waals surface area contributed by atoms with Crippen molar-refractivity contribution in [3.63, 3.8) is 0 Å². The van der Waals surface area contributed by atoms with Gasteiger partial charge in [-0.3, -0.25) is 4.90 Å². The van der Waals surface area contributed by atoms with E-state index in [2.05, 4.69) is 25.1 Å². The van der Waals surface area contributed by atoms with Crippen molar-refractivity contribution in [1.29, 1.82) is 0 Å². The first kappa shape index (κ1) is 15.1. The Labute approximate surface area is 150 Å². The zero-order valence-corrected chi connectivity index (χ0v) is 15.4. The molecule has 126 valence electrons. The lowest BCUT2D eigenvalue weighted by atomic mass is 9.87. The highest BCUT2D eigenvalue weighted by atomic mass is 32.2. The summed E-state index contributed by atoms with van der Waals surface area (Å²) in [5.41, 5.74) is 1.27. The summed E-state index contributed by atoms with van der Waals surface area (Å²) in [5, 5.41) is 4.50. The molecule has 6 rings (SSSR count). The highest BCUT2D eigenvalue weighted by molar-refractivity contribution is 7.98. The number of rotatable bonds is 5. The molecular formula is C17H21N5S2. The van der Waals surface area contributed by atoms with Gasteiger partial charge >= 0.3 is 0 Å². The van der Waals surface area contributed by atoms with Gasteiger partial charge in [-0.05, 0) is 31.6 Å². The molecule has 7 heteroatoms. The third kappa shape index (κ3) is 2.72. The summed E-state index contributed by atoms with van der Waals surface area (Å²) >= 11 is 3.46. The molecule has 2 bridgehead atoms. The molecule has 1 saturated carbocycles. The first-order chi connectivity index (χ1) is 11.8. The Balaban J connectivity index is 1.25. The van der Waals surface area contributed by atoms with E-state index in [1.165, 1.54) is 30.0 Å². The van der Waals surface area contributed by atoms with E-state index in [1.807, 2.05) is 29.9 Å². The first-order valence-corrected chi connectivity index (χ1v) is 10.7. The fraction of sp³-hybridized carbons (Fsp3) is 0.588. The molecule has 5 heterocycles. The maximum Gasteiger partial charge on any atom is 0.189 e. The predicted molar refractivity (Wildman–Crippen MR) is 97.9 cm³/mol. The molecule has 2 aromatic heterocycles. The number of piperidine rings is 1. The summed E-state index contributed by atoms with van der Waals surface area (Å²) in [6.45, 7) is 3.16.